The lowest BCUT2D eigenvalue weighted by Crippen LogP contribution is -2.47. The topological polar surface area (TPSA) is 89.1 Å². The van der Waals surface area contributed by atoms with Gasteiger partial charge in [0.2, 0.25) is 5.91 Å². The Morgan fingerprint density at radius 2 is 1.86 bits per heavy atom. The first-order chi connectivity index (χ1) is 13.6. The molecule has 0 spiro atoms. The molecule has 0 atom stereocenters. The van der Waals surface area contributed by atoms with Gasteiger partial charge in [-0.05, 0) is 43.9 Å². The molecule has 8 heteroatoms. The second kappa shape index (κ2) is 11.4. The molecule has 1 saturated heterocycles. The van der Waals surface area contributed by atoms with Crippen molar-refractivity contribution in [1.82, 2.24) is 15.5 Å². The molecule has 156 valence electrons. The van der Waals surface area contributed by atoms with Gasteiger partial charge in [-0.15, -0.1) is 0 Å². The monoisotopic (exact) mass is 393 g/mol. The molecule has 0 bridgehead atoms. The molecule has 0 saturated carbocycles. The average Bonchev–Trinajstić information content (AvgIpc) is 2.72. The lowest BCUT2D eigenvalue weighted by molar-refractivity contribution is -0.120. The van der Waals surface area contributed by atoms with E-state index in [0.29, 0.717) is 44.2 Å². The first-order valence-corrected chi connectivity index (χ1v) is 9.70. The van der Waals surface area contributed by atoms with Crippen molar-refractivity contribution >= 4 is 12.0 Å². The van der Waals surface area contributed by atoms with Gasteiger partial charge in [0.25, 0.3) is 0 Å². The molecule has 1 aliphatic rings. The third kappa shape index (κ3) is 6.60. The van der Waals surface area contributed by atoms with Crippen LogP contribution in [0.4, 0.5) is 4.79 Å². The highest BCUT2D eigenvalue weighted by molar-refractivity contribution is 5.78. The maximum absolute atomic E-state index is 12.1. The molecule has 1 aliphatic heterocycles. The Morgan fingerprint density at radius 1 is 1.14 bits per heavy atom. The number of hydrogen-bond donors (Lipinski definition) is 2. The first kappa shape index (κ1) is 21.8. The molecule has 2 N–H and O–H groups in total. The van der Waals surface area contributed by atoms with Crippen molar-refractivity contribution in [3.63, 3.8) is 0 Å². The summed E-state index contributed by atoms with van der Waals surface area (Å²) < 4.78 is 15.5. The molecule has 1 aromatic rings. The van der Waals surface area contributed by atoms with Crippen molar-refractivity contribution in [2.45, 2.75) is 32.2 Å². The zero-order valence-electron chi connectivity index (χ0n) is 17.0. The second-order valence-electron chi connectivity index (χ2n) is 6.63. The molecule has 28 heavy (non-hydrogen) atoms. The van der Waals surface area contributed by atoms with E-state index in [1.54, 1.807) is 26.0 Å². The Labute approximate surface area is 166 Å². The summed E-state index contributed by atoms with van der Waals surface area (Å²) in [5, 5.41) is 6.19. The third-order valence-corrected chi connectivity index (χ3v) is 4.76. The molecule has 0 aliphatic carbocycles. The minimum atomic E-state index is -0.256. The van der Waals surface area contributed by atoms with Crippen LogP contribution in [0.2, 0.25) is 0 Å². The summed E-state index contributed by atoms with van der Waals surface area (Å²) in [6.45, 7) is 4.32. The molecule has 0 unspecified atom stereocenters. The fraction of sp³-hybridized carbons (Fsp3) is 0.600. The minimum absolute atomic E-state index is 0.0340. The van der Waals surface area contributed by atoms with Crippen LogP contribution in [0.25, 0.3) is 0 Å². The Balaban J connectivity index is 1.64. The molecule has 1 aromatic carbocycles. The maximum atomic E-state index is 12.1. The Kier molecular flexibility index (Phi) is 8.87. The highest BCUT2D eigenvalue weighted by Crippen LogP contribution is 2.27. The highest BCUT2D eigenvalue weighted by atomic mass is 16.6. The molecule has 2 rings (SSSR count). The number of benzene rings is 1. The number of ether oxygens (including phenoxy) is 3. The number of methoxy groups -OCH3 is 2. The van der Waals surface area contributed by atoms with Crippen LogP contribution in [0.15, 0.2) is 18.2 Å². The van der Waals surface area contributed by atoms with Crippen LogP contribution in [0.1, 0.15) is 25.3 Å². The van der Waals surface area contributed by atoms with E-state index in [4.69, 9.17) is 14.2 Å². The molecule has 1 fully saturated rings. The fourth-order valence-electron chi connectivity index (χ4n) is 3.16. The van der Waals surface area contributed by atoms with Crippen molar-refractivity contribution in [2.24, 2.45) is 0 Å². The van der Waals surface area contributed by atoms with E-state index < -0.39 is 0 Å². The summed E-state index contributed by atoms with van der Waals surface area (Å²) in [5.74, 6) is 1.34. The summed E-state index contributed by atoms with van der Waals surface area (Å²) in [4.78, 5) is 25.5. The molecule has 0 radical (unpaired) electrons. The van der Waals surface area contributed by atoms with Gasteiger partial charge >= 0.3 is 6.09 Å². The third-order valence-electron chi connectivity index (χ3n) is 4.76. The van der Waals surface area contributed by atoms with E-state index in [9.17, 15) is 9.59 Å². The van der Waals surface area contributed by atoms with Gasteiger partial charge < -0.3 is 29.7 Å². The zero-order valence-corrected chi connectivity index (χ0v) is 17.0. The first-order valence-electron chi connectivity index (χ1n) is 9.70. The number of rotatable bonds is 9. The number of piperidine rings is 1. The molecule has 0 aromatic heterocycles. The summed E-state index contributed by atoms with van der Waals surface area (Å²) in [6.07, 6.45) is 2.09. The molecule has 2 amide bonds. The van der Waals surface area contributed by atoms with E-state index in [0.717, 1.165) is 18.4 Å². The van der Waals surface area contributed by atoms with Gasteiger partial charge in [0, 0.05) is 25.7 Å². The van der Waals surface area contributed by atoms with Gasteiger partial charge in [-0.1, -0.05) is 6.07 Å². The molecule has 1 heterocycles. The number of carbonyl (C=O) groups excluding carboxylic acids is 2. The number of amides is 2. The molecule has 8 nitrogen and oxygen atoms in total. The van der Waals surface area contributed by atoms with E-state index >= 15 is 0 Å². The Morgan fingerprint density at radius 3 is 2.50 bits per heavy atom. The predicted octanol–water partition coefficient (Wildman–Crippen LogP) is 1.57. The van der Waals surface area contributed by atoms with Gasteiger partial charge in [0.1, 0.15) is 0 Å². The fourth-order valence-corrected chi connectivity index (χ4v) is 3.16. The van der Waals surface area contributed by atoms with Crippen LogP contribution in [0.3, 0.4) is 0 Å². The largest absolute Gasteiger partial charge is 0.493 e. The van der Waals surface area contributed by atoms with E-state index in [1.807, 2.05) is 18.2 Å². The average molecular weight is 393 g/mol. The van der Waals surface area contributed by atoms with Crippen LogP contribution >= 0.6 is 0 Å². The van der Waals surface area contributed by atoms with Gasteiger partial charge in [-0.2, -0.15) is 0 Å². The van der Waals surface area contributed by atoms with E-state index in [-0.39, 0.29) is 24.6 Å². The molecular formula is C20H31N3O5. The van der Waals surface area contributed by atoms with Gasteiger partial charge in [-0.25, -0.2) is 4.79 Å². The van der Waals surface area contributed by atoms with Crippen molar-refractivity contribution in [2.75, 3.05) is 47.0 Å². The van der Waals surface area contributed by atoms with E-state index in [2.05, 4.69) is 10.6 Å². The smallest absolute Gasteiger partial charge is 0.409 e. The SMILES string of the molecule is CCOC(=O)N1CCC(NCC(=O)NCCc2ccc(OC)c(OC)c2)CC1. The van der Waals surface area contributed by atoms with Gasteiger partial charge in [0.05, 0.1) is 27.4 Å². The maximum Gasteiger partial charge on any atom is 0.409 e. The minimum Gasteiger partial charge on any atom is -0.493 e. The normalized spacial score (nSPS) is 14.5. The number of likely N-dealkylation sites (tertiary alicyclic amines) is 1. The van der Waals surface area contributed by atoms with Crippen LogP contribution in [0, 0.1) is 0 Å². The van der Waals surface area contributed by atoms with Crippen molar-refractivity contribution in [1.29, 1.82) is 0 Å². The van der Waals surface area contributed by atoms with Crippen LogP contribution in [-0.4, -0.2) is 69.9 Å². The number of carbonyl (C=O) groups is 2. The highest BCUT2D eigenvalue weighted by Gasteiger charge is 2.23. The van der Waals surface area contributed by atoms with Gasteiger partial charge in [-0.3, -0.25) is 4.79 Å². The second-order valence-corrected chi connectivity index (χ2v) is 6.63. The lowest BCUT2D eigenvalue weighted by atomic mass is 10.1. The number of nitrogens with zero attached hydrogens (tertiary/aromatic N) is 1. The van der Waals surface area contributed by atoms with Gasteiger partial charge in [0.15, 0.2) is 11.5 Å². The molecular weight excluding hydrogens is 362 g/mol. The zero-order chi connectivity index (χ0) is 20.4. The quantitative estimate of drug-likeness (QED) is 0.662. The van der Waals surface area contributed by atoms with Crippen LogP contribution in [0.5, 0.6) is 11.5 Å². The van der Waals surface area contributed by atoms with Crippen molar-refractivity contribution in [3.8, 4) is 11.5 Å². The summed E-state index contributed by atoms with van der Waals surface area (Å²) >= 11 is 0. The standard InChI is InChI=1S/C20H31N3O5/c1-4-28-20(25)23-11-8-16(9-12-23)22-14-19(24)21-10-7-15-5-6-17(26-2)18(13-15)27-3/h5-6,13,16,22H,4,7-12,14H2,1-3H3,(H,21,24). The summed E-state index contributed by atoms with van der Waals surface area (Å²) in [5.41, 5.74) is 1.07. The van der Waals surface area contributed by atoms with Crippen molar-refractivity contribution in [3.05, 3.63) is 23.8 Å². The Hall–Kier alpha value is -2.48. The van der Waals surface area contributed by atoms with Crippen LogP contribution in [-0.2, 0) is 16.0 Å². The number of nitrogens with one attached hydrogen (secondary N) is 2. The van der Waals surface area contributed by atoms with Crippen LogP contribution < -0.4 is 20.1 Å². The lowest BCUT2D eigenvalue weighted by Gasteiger charge is -2.31. The Bertz CT molecular complexity index is 645. The summed E-state index contributed by atoms with van der Waals surface area (Å²) in [6, 6.07) is 5.98. The number of hydrogen-bond acceptors (Lipinski definition) is 6. The summed E-state index contributed by atoms with van der Waals surface area (Å²) in [7, 11) is 3.21. The van der Waals surface area contributed by atoms with E-state index in [1.165, 1.54) is 0 Å². The van der Waals surface area contributed by atoms with Crippen molar-refractivity contribution < 1.29 is 23.8 Å². The predicted molar refractivity (Wildman–Crippen MR) is 106 cm³/mol.